The molecular formula is C16H14Br2O2. The van der Waals surface area contributed by atoms with Crippen LogP contribution in [0.2, 0.25) is 0 Å². The molecule has 2 atom stereocenters. The van der Waals surface area contributed by atoms with E-state index in [0.29, 0.717) is 6.42 Å². The van der Waals surface area contributed by atoms with Gasteiger partial charge < -0.3 is 9.84 Å². The number of aryl methyl sites for hydroxylation is 1. The second-order valence-corrected chi connectivity index (χ2v) is 6.82. The number of benzene rings is 2. The topological polar surface area (TPSA) is 29.5 Å². The van der Waals surface area contributed by atoms with Crippen molar-refractivity contribution in [1.29, 1.82) is 0 Å². The van der Waals surface area contributed by atoms with Crippen molar-refractivity contribution in [2.75, 3.05) is 0 Å². The summed E-state index contributed by atoms with van der Waals surface area (Å²) in [5.74, 6) is 0.758. The number of halogens is 2. The van der Waals surface area contributed by atoms with Gasteiger partial charge in [0.15, 0.2) is 0 Å². The van der Waals surface area contributed by atoms with Crippen LogP contribution in [0.5, 0.6) is 5.75 Å². The molecule has 104 valence electrons. The number of aliphatic hydroxyl groups excluding tert-OH is 1. The van der Waals surface area contributed by atoms with Crippen LogP contribution in [0.3, 0.4) is 0 Å². The van der Waals surface area contributed by atoms with Crippen LogP contribution in [0.25, 0.3) is 0 Å². The molecule has 2 aromatic carbocycles. The number of rotatable bonds is 1. The van der Waals surface area contributed by atoms with Crippen LogP contribution in [0.4, 0.5) is 0 Å². The van der Waals surface area contributed by atoms with Gasteiger partial charge in [0.2, 0.25) is 0 Å². The van der Waals surface area contributed by atoms with Crippen LogP contribution in [0, 0.1) is 6.92 Å². The lowest BCUT2D eigenvalue weighted by molar-refractivity contribution is 0.0656. The Kier molecular flexibility index (Phi) is 3.89. The maximum Gasteiger partial charge on any atom is 0.127 e. The number of fused-ring (bicyclic) bond motifs is 1. The minimum Gasteiger partial charge on any atom is -0.485 e. The molecule has 1 N–H and O–H groups in total. The van der Waals surface area contributed by atoms with Gasteiger partial charge in [0, 0.05) is 20.9 Å². The van der Waals surface area contributed by atoms with E-state index in [1.54, 1.807) is 0 Å². The number of hydrogen-bond donors (Lipinski definition) is 1. The average molecular weight is 398 g/mol. The maximum absolute atomic E-state index is 10.3. The SMILES string of the molecule is Cc1ccc(C2C[C@@H](O)c3cc(Br)ccc3O2)cc1Br. The molecule has 0 amide bonds. The van der Waals surface area contributed by atoms with Gasteiger partial charge >= 0.3 is 0 Å². The third kappa shape index (κ3) is 2.65. The molecule has 0 bridgehead atoms. The van der Waals surface area contributed by atoms with Gasteiger partial charge in [-0.3, -0.25) is 0 Å². The predicted molar refractivity (Wildman–Crippen MR) is 86.0 cm³/mol. The van der Waals surface area contributed by atoms with Crippen LogP contribution >= 0.6 is 31.9 Å². The summed E-state index contributed by atoms with van der Waals surface area (Å²) >= 11 is 6.97. The highest BCUT2D eigenvalue weighted by molar-refractivity contribution is 9.10. The van der Waals surface area contributed by atoms with Gasteiger partial charge in [-0.2, -0.15) is 0 Å². The van der Waals surface area contributed by atoms with Gasteiger partial charge in [-0.15, -0.1) is 0 Å². The molecule has 4 heteroatoms. The van der Waals surface area contributed by atoms with Gasteiger partial charge in [0.25, 0.3) is 0 Å². The van der Waals surface area contributed by atoms with Crippen molar-refractivity contribution in [2.24, 2.45) is 0 Å². The molecule has 0 aromatic heterocycles. The first kappa shape index (κ1) is 14.1. The quantitative estimate of drug-likeness (QED) is 0.727. The summed E-state index contributed by atoms with van der Waals surface area (Å²) in [5, 5.41) is 10.3. The van der Waals surface area contributed by atoms with Gasteiger partial charge in [-0.25, -0.2) is 0 Å². The lowest BCUT2D eigenvalue weighted by Crippen LogP contribution is -2.19. The van der Waals surface area contributed by atoms with E-state index in [0.717, 1.165) is 25.8 Å². The summed E-state index contributed by atoms with van der Waals surface area (Å²) in [6.07, 6.45) is -0.0456. The van der Waals surface area contributed by atoms with Crippen LogP contribution < -0.4 is 4.74 Å². The lowest BCUT2D eigenvalue weighted by Gasteiger charge is -2.30. The summed E-state index contributed by atoms with van der Waals surface area (Å²) in [6, 6.07) is 11.9. The van der Waals surface area contributed by atoms with Crippen molar-refractivity contribution in [3.8, 4) is 5.75 Å². The first-order chi connectivity index (χ1) is 9.54. The predicted octanol–water partition coefficient (Wildman–Crippen LogP) is 5.08. The molecule has 1 aliphatic rings. The van der Waals surface area contributed by atoms with E-state index in [1.807, 2.05) is 18.2 Å². The largest absolute Gasteiger partial charge is 0.485 e. The summed E-state index contributed by atoms with van der Waals surface area (Å²) in [4.78, 5) is 0. The molecule has 1 unspecified atom stereocenters. The first-order valence-electron chi connectivity index (χ1n) is 6.45. The zero-order valence-electron chi connectivity index (χ0n) is 10.9. The van der Waals surface area contributed by atoms with Crippen LogP contribution in [0.15, 0.2) is 45.3 Å². The fourth-order valence-electron chi connectivity index (χ4n) is 2.43. The Morgan fingerprint density at radius 2 is 1.95 bits per heavy atom. The third-order valence-electron chi connectivity index (χ3n) is 3.61. The molecule has 0 saturated heterocycles. The molecule has 2 nitrogen and oxygen atoms in total. The monoisotopic (exact) mass is 396 g/mol. The van der Waals surface area contributed by atoms with E-state index in [2.05, 4.69) is 57.0 Å². The van der Waals surface area contributed by atoms with E-state index in [9.17, 15) is 5.11 Å². The highest BCUT2D eigenvalue weighted by Crippen LogP contribution is 2.42. The van der Waals surface area contributed by atoms with E-state index in [-0.39, 0.29) is 6.10 Å². The summed E-state index contributed by atoms with van der Waals surface area (Å²) in [6.45, 7) is 2.05. The minimum absolute atomic E-state index is 0.115. The van der Waals surface area contributed by atoms with Gasteiger partial charge in [0.1, 0.15) is 11.9 Å². The fraction of sp³-hybridized carbons (Fsp3) is 0.250. The van der Waals surface area contributed by atoms with Gasteiger partial charge in [-0.05, 0) is 42.3 Å². The van der Waals surface area contributed by atoms with E-state index in [1.165, 1.54) is 5.56 Å². The molecule has 2 aromatic rings. The van der Waals surface area contributed by atoms with Crippen molar-refractivity contribution >= 4 is 31.9 Å². The zero-order valence-corrected chi connectivity index (χ0v) is 14.1. The molecule has 0 saturated carbocycles. The Morgan fingerprint density at radius 3 is 2.70 bits per heavy atom. The second-order valence-electron chi connectivity index (χ2n) is 5.05. The fourth-order valence-corrected chi connectivity index (χ4v) is 3.21. The summed E-state index contributed by atoms with van der Waals surface area (Å²) in [7, 11) is 0. The van der Waals surface area contributed by atoms with E-state index in [4.69, 9.17) is 4.74 Å². The van der Waals surface area contributed by atoms with Crippen molar-refractivity contribution in [1.82, 2.24) is 0 Å². The Labute approximate surface area is 135 Å². The highest BCUT2D eigenvalue weighted by atomic mass is 79.9. The first-order valence-corrected chi connectivity index (χ1v) is 8.03. The minimum atomic E-state index is -0.499. The zero-order chi connectivity index (χ0) is 14.3. The smallest absolute Gasteiger partial charge is 0.127 e. The van der Waals surface area contributed by atoms with Crippen molar-refractivity contribution in [3.05, 3.63) is 62.0 Å². The van der Waals surface area contributed by atoms with Crippen molar-refractivity contribution in [2.45, 2.75) is 25.6 Å². The Bertz CT molecular complexity index is 655. The normalized spacial score (nSPS) is 21.2. The molecule has 0 aliphatic carbocycles. The summed E-state index contributed by atoms with van der Waals surface area (Å²) < 4.78 is 8.06. The summed E-state index contributed by atoms with van der Waals surface area (Å²) in [5.41, 5.74) is 3.12. The number of aliphatic hydroxyl groups is 1. The lowest BCUT2D eigenvalue weighted by atomic mass is 9.95. The van der Waals surface area contributed by atoms with Crippen LogP contribution in [0.1, 0.15) is 35.3 Å². The molecule has 20 heavy (non-hydrogen) atoms. The molecule has 0 fully saturated rings. The van der Waals surface area contributed by atoms with Crippen LogP contribution in [-0.4, -0.2) is 5.11 Å². The molecule has 0 radical (unpaired) electrons. The maximum atomic E-state index is 10.3. The Morgan fingerprint density at radius 1 is 1.15 bits per heavy atom. The molecule has 1 heterocycles. The molecular weight excluding hydrogens is 384 g/mol. The molecule has 0 spiro atoms. The van der Waals surface area contributed by atoms with Crippen molar-refractivity contribution < 1.29 is 9.84 Å². The number of ether oxygens (including phenoxy) is 1. The average Bonchev–Trinajstić information content (AvgIpc) is 2.42. The molecule has 1 aliphatic heterocycles. The third-order valence-corrected chi connectivity index (χ3v) is 4.95. The van der Waals surface area contributed by atoms with Crippen molar-refractivity contribution in [3.63, 3.8) is 0 Å². The second kappa shape index (κ2) is 5.51. The van der Waals surface area contributed by atoms with E-state index >= 15 is 0 Å². The van der Waals surface area contributed by atoms with Crippen LogP contribution in [-0.2, 0) is 0 Å². The Balaban J connectivity index is 1.94. The molecule has 3 rings (SSSR count). The number of hydrogen-bond acceptors (Lipinski definition) is 2. The van der Waals surface area contributed by atoms with Gasteiger partial charge in [-0.1, -0.05) is 44.0 Å². The standard InChI is InChI=1S/C16H14Br2O2/c1-9-2-3-10(6-13(9)18)16-8-14(19)12-7-11(17)4-5-15(12)20-16/h2-7,14,16,19H,8H2,1H3/t14-,16?/m1/s1. The van der Waals surface area contributed by atoms with E-state index < -0.39 is 6.10 Å². The highest BCUT2D eigenvalue weighted by Gasteiger charge is 2.28. The Hall–Kier alpha value is -0.840. The van der Waals surface area contributed by atoms with Gasteiger partial charge in [0.05, 0.1) is 6.10 Å².